The van der Waals surface area contributed by atoms with Crippen LogP contribution in [0.5, 0.6) is 0 Å². The van der Waals surface area contributed by atoms with E-state index in [0.29, 0.717) is 0 Å². The fourth-order valence-electron chi connectivity index (χ4n) is 1.84. The van der Waals surface area contributed by atoms with E-state index in [1.54, 1.807) is 0 Å². The number of aromatic nitrogens is 1. The van der Waals surface area contributed by atoms with Gasteiger partial charge in [0, 0.05) is 17.4 Å². The van der Waals surface area contributed by atoms with Gasteiger partial charge < -0.3 is 5.73 Å². The summed E-state index contributed by atoms with van der Waals surface area (Å²) in [6, 6.07) is 4.07. The van der Waals surface area contributed by atoms with Crippen LogP contribution in [-0.2, 0) is 5.54 Å². The highest BCUT2D eigenvalue weighted by Crippen LogP contribution is 2.39. The minimum absolute atomic E-state index is 0.0572. The van der Waals surface area contributed by atoms with Crippen LogP contribution in [-0.4, -0.2) is 4.98 Å². The Morgan fingerprint density at radius 3 is 2.75 bits per heavy atom. The third-order valence-electron chi connectivity index (χ3n) is 2.79. The van der Waals surface area contributed by atoms with Gasteiger partial charge in [-0.15, -0.1) is 0 Å². The Morgan fingerprint density at radius 2 is 2.25 bits per heavy atom. The molecule has 1 aromatic heterocycles. The smallest absolute Gasteiger partial charge is 0.0427 e. The van der Waals surface area contributed by atoms with Crippen LogP contribution < -0.4 is 5.73 Å². The van der Waals surface area contributed by atoms with E-state index < -0.39 is 0 Å². The first kappa shape index (κ1) is 7.74. The van der Waals surface area contributed by atoms with Gasteiger partial charge in [-0.25, -0.2) is 0 Å². The lowest BCUT2D eigenvalue weighted by Gasteiger charge is -2.39. The van der Waals surface area contributed by atoms with E-state index in [2.05, 4.69) is 11.1 Å². The Hall–Kier alpha value is -0.890. The fraction of sp³-hybridized carbons (Fsp3) is 0.500. The van der Waals surface area contributed by atoms with Crippen molar-refractivity contribution in [2.24, 2.45) is 5.73 Å². The first-order valence-corrected chi connectivity index (χ1v) is 4.43. The average molecular weight is 162 g/mol. The van der Waals surface area contributed by atoms with Gasteiger partial charge in [-0.05, 0) is 37.8 Å². The lowest BCUT2D eigenvalue weighted by molar-refractivity contribution is 0.251. The first-order chi connectivity index (χ1) is 5.72. The Balaban J connectivity index is 2.39. The standard InChI is InChI=1S/C10H14N2/c1-8-9(4-2-7-12-8)10(11)5-3-6-10/h2,4,7H,3,5-6,11H2,1H3. The first-order valence-electron chi connectivity index (χ1n) is 4.43. The molecule has 2 rings (SSSR count). The van der Waals surface area contributed by atoms with Gasteiger partial charge in [0.15, 0.2) is 0 Å². The van der Waals surface area contributed by atoms with Crippen molar-refractivity contribution in [1.82, 2.24) is 4.98 Å². The number of pyridine rings is 1. The largest absolute Gasteiger partial charge is 0.321 e. The zero-order valence-corrected chi connectivity index (χ0v) is 7.38. The summed E-state index contributed by atoms with van der Waals surface area (Å²) in [6.45, 7) is 2.03. The molecule has 0 spiro atoms. The number of nitrogens with zero attached hydrogens (tertiary/aromatic N) is 1. The topological polar surface area (TPSA) is 38.9 Å². The quantitative estimate of drug-likeness (QED) is 0.683. The second-order valence-corrected chi connectivity index (χ2v) is 3.65. The number of nitrogens with two attached hydrogens (primary N) is 1. The summed E-state index contributed by atoms with van der Waals surface area (Å²) >= 11 is 0. The van der Waals surface area contributed by atoms with E-state index in [0.717, 1.165) is 18.5 Å². The Bertz CT molecular complexity index is 290. The molecule has 12 heavy (non-hydrogen) atoms. The molecule has 0 amide bonds. The van der Waals surface area contributed by atoms with Gasteiger partial charge in [0.25, 0.3) is 0 Å². The molecule has 0 saturated heterocycles. The van der Waals surface area contributed by atoms with Crippen molar-refractivity contribution in [2.45, 2.75) is 31.7 Å². The Kier molecular flexibility index (Phi) is 1.65. The van der Waals surface area contributed by atoms with Gasteiger partial charge >= 0.3 is 0 Å². The van der Waals surface area contributed by atoms with E-state index in [9.17, 15) is 0 Å². The van der Waals surface area contributed by atoms with Crippen LogP contribution in [0.4, 0.5) is 0 Å². The second kappa shape index (κ2) is 2.56. The number of hydrogen-bond donors (Lipinski definition) is 1. The van der Waals surface area contributed by atoms with E-state index in [1.165, 1.54) is 12.0 Å². The predicted octanol–water partition coefficient (Wildman–Crippen LogP) is 1.73. The van der Waals surface area contributed by atoms with Crippen molar-refractivity contribution in [1.29, 1.82) is 0 Å². The summed E-state index contributed by atoms with van der Waals surface area (Å²) in [4.78, 5) is 4.25. The molecule has 0 atom stereocenters. The zero-order valence-electron chi connectivity index (χ0n) is 7.38. The molecule has 2 N–H and O–H groups in total. The van der Waals surface area contributed by atoms with Crippen LogP contribution in [0.15, 0.2) is 18.3 Å². The molecule has 2 nitrogen and oxygen atoms in total. The molecule has 0 aliphatic heterocycles. The number of aryl methyl sites for hydroxylation is 1. The van der Waals surface area contributed by atoms with Gasteiger partial charge in [0.05, 0.1) is 0 Å². The van der Waals surface area contributed by atoms with Gasteiger partial charge in [-0.2, -0.15) is 0 Å². The number of rotatable bonds is 1. The molecule has 1 fully saturated rings. The maximum atomic E-state index is 6.18. The molecule has 1 aromatic rings. The SMILES string of the molecule is Cc1ncccc1C1(N)CCC1. The third-order valence-corrected chi connectivity index (χ3v) is 2.79. The van der Waals surface area contributed by atoms with Gasteiger partial charge in [0.1, 0.15) is 0 Å². The molecule has 0 radical (unpaired) electrons. The summed E-state index contributed by atoms with van der Waals surface area (Å²) < 4.78 is 0. The monoisotopic (exact) mass is 162 g/mol. The van der Waals surface area contributed by atoms with Crippen molar-refractivity contribution in [3.8, 4) is 0 Å². The van der Waals surface area contributed by atoms with Crippen LogP contribution in [0.1, 0.15) is 30.5 Å². The Labute approximate surface area is 72.8 Å². The van der Waals surface area contributed by atoms with Crippen LogP contribution in [0, 0.1) is 6.92 Å². The van der Waals surface area contributed by atoms with E-state index >= 15 is 0 Å². The van der Waals surface area contributed by atoms with Crippen molar-refractivity contribution >= 4 is 0 Å². The summed E-state index contributed by atoms with van der Waals surface area (Å²) in [6.07, 6.45) is 5.30. The highest BCUT2D eigenvalue weighted by Gasteiger charge is 2.35. The molecule has 1 heterocycles. The third kappa shape index (κ3) is 1.03. The maximum Gasteiger partial charge on any atom is 0.0427 e. The van der Waals surface area contributed by atoms with Gasteiger partial charge in [-0.1, -0.05) is 6.07 Å². The minimum Gasteiger partial charge on any atom is -0.321 e. The van der Waals surface area contributed by atoms with Crippen LogP contribution >= 0.6 is 0 Å². The normalized spacial score (nSPS) is 20.2. The highest BCUT2D eigenvalue weighted by atomic mass is 14.8. The minimum atomic E-state index is -0.0572. The zero-order chi connectivity index (χ0) is 8.60. The predicted molar refractivity (Wildman–Crippen MR) is 48.7 cm³/mol. The Morgan fingerprint density at radius 1 is 1.50 bits per heavy atom. The van der Waals surface area contributed by atoms with Crippen LogP contribution in [0.2, 0.25) is 0 Å². The fourth-order valence-corrected chi connectivity index (χ4v) is 1.84. The summed E-state index contributed by atoms with van der Waals surface area (Å²) in [5.41, 5.74) is 8.44. The summed E-state index contributed by atoms with van der Waals surface area (Å²) in [5, 5.41) is 0. The molecule has 1 aliphatic carbocycles. The molecule has 0 unspecified atom stereocenters. The van der Waals surface area contributed by atoms with E-state index in [-0.39, 0.29) is 5.54 Å². The lowest BCUT2D eigenvalue weighted by Crippen LogP contribution is -2.43. The summed E-state index contributed by atoms with van der Waals surface area (Å²) in [5.74, 6) is 0. The molecule has 0 aromatic carbocycles. The van der Waals surface area contributed by atoms with E-state index in [4.69, 9.17) is 5.73 Å². The summed E-state index contributed by atoms with van der Waals surface area (Å²) in [7, 11) is 0. The van der Waals surface area contributed by atoms with Crippen LogP contribution in [0.25, 0.3) is 0 Å². The van der Waals surface area contributed by atoms with Crippen molar-refractivity contribution < 1.29 is 0 Å². The second-order valence-electron chi connectivity index (χ2n) is 3.65. The molecular weight excluding hydrogens is 148 g/mol. The lowest BCUT2D eigenvalue weighted by atomic mass is 9.72. The van der Waals surface area contributed by atoms with Crippen molar-refractivity contribution in [3.05, 3.63) is 29.6 Å². The van der Waals surface area contributed by atoms with Crippen molar-refractivity contribution in [2.75, 3.05) is 0 Å². The van der Waals surface area contributed by atoms with Gasteiger partial charge in [0.2, 0.25) is 0 Å². The van der Waals surface area contributed by atoms with Crippen LogP contribution in [0.3, 0.4) is 0 Å². The molecule has 0 bridgehead atoms. The molecule has 1 aliphatic rings. The molecule has 64 valence electrons. The maximum absolute atomic E-state index is 6.18. The average Bonchev–Trinajstić information content (AvgIpc) is 2.01. The molecule has 1 saturated carbocycles. The number of hydrogen-bond acceptors (Lipinski definition) is 2. The molecular formula is C10H14N2. The highest BCUT2D eigenvalue weighted by molar-refractivity contribution is 5.29. The van der Waals surface area contributed by atoms with Gasteiger partial charge in [-0.3, -0.25) is 4.98 Å². The van der Waals surface area contributed by atoms with Crippen molar-refractivity contribution in [3.63, 3.8) is 0 Å². The molecule has 2 heteroatoms. The van der Waals surface area contributed by atoms with E-state index in [1.807, 2.05) is 19.2 Å².